The molecule has 0 amide bonds. The lowest BCUT2D eigenvalue weighted by Crippen LogP contribution is -2.16. The molecule has 2 heterocycles. The zero-order chi connectivity index (χ0) is 11.1. The quantitative estimate of drug-likeness (QED) is 0.751. The van der Waals surface area contributed by atoms with E-state index in [0.717, 1.165) is 17.8 Å². The number of rotatable bonds is 2. The fourth-order valence-corrected chi connectivity index (χ4v) is 1.76. The minimum absolute atomic E-state index is 0.114. The normalized spacial score (nSPS) is 12.3. The lowest BCUT2D eigenvalue weighted by molar-refractivity contribution is 0.485. The van der Waals surface area contributed by atoms with Crippen molar-refractivity contribution in [3.63, 3.8) is 0 Å². The van der Waals surface area contributed by atoms with Crippen LogP contribution in [0, 0.1) is 0 Å². The Morgan fingerprint density at radius 1 is 1.40 bits per heavy atom. The highest BCUT2D eigenvalue weighted by Gasteiger charge is 2.24. The molecule has 3 nitrogen and oxygen atoms in total. The fraction of sp³-hybridized carbons (Fsp3) is 0.500. The summed E-state index contributed by atoms with van der Waals surface area (Å²) in [6.07, 6.45) is 2.89. The van der Waals surface area contributed by atoms with Crippen LogP contribution < -0.4 is 0 Å². The van der Waals surface area contributed by atoms with E-state index in [1.54, 1.807) is 0 Å². The Morgan fingerprint density at radius 3 is 2.80 bits per heavy atom. The van der Waals surface area contributed by atoms with Crippen molar-refractivity contribution in [3.05, 3.63) is 24.0 Å². The van der Waals surface area contributed by atoms with Crippen molar-refractivity contribution in [1.82, 2.24) is 14.8 Å². The average molecular weight is 203 g/mol. The minimum atomic E-state index is 0.114. The summed E-state index contributed by atoms with van der Waals surface area (Å²) in [5.74, 6) is 0. The second-order valence-corrected chi connectivity index (χ2v) is 4.58. The molecular formula is C12H17N3. The van der Waals surface area contributed by atoms with E-state index in [1.165, 1.54) is 5.39 Å². The van der Waals surface area contributed by atoms with Crippen molar-refractivity contribution in [2.24, 2.45) is 7.05 Å². The molecule has 0 radical (unpaired) electrons. The first-order valence-corrected chi connectivity index (χ1v) is 5.34. The highest BCUT2D eigenvalue weighted by atomic mass is 15.3. The zero-order valence-electron chi connectivity index (χ0n) is 9.78. The molecule has 0 aliphatic rings. The number of hydrogen-bond donors (Lipinski definition) is 0. The zero-order valence-corrected chi connectivity index (χ0v) is 9.78. The summed E-state index contributed by atoms with van der Waals surface area (Å²) in [5.41, 5.74) is 2.23. The molecule has 3 heteroatoms. The molecule has 0 saturated heterocycles. The first-order valence-electron chi connectivity index (χ1n) is 5.34. The molecular weight excluding hydrogens is 186 g/mol. The Kier molecular flexibility index (Phi) is 2.25. The molecule has 0 saturated carbocycles. The van der Waals surface area contributed by atoms with Crippen LogP contribution in [-0.4, -0.2) is 14.8 Å². The van der Waals surface area contributed by atoms with Crippen LogP contribution in [0.25, 0.3) is 11.0 Å². The van der Waals surface area contributed by atoms with Gasteiger partial charge in [-0.1, -0.05) is 20.8 Å². The van der Waals surface area contributed by atoms with Crippen LogP contribution in [-0.2, 0) is 12.5 Å². The fourth-order valence-electron chi connectivity index (χ4n) is 1.76. The topological polar surface area (TPSA) is 30.7 Å². The highest BCUT2D eigenvalue weighted by molar-refractivity contribution is 5.79. The van der Waals surface area contributed by atoms with E-state index in [1.807, 2.05) is 24.0 Å². The molecule has 2 aromatic rings. The maximum absolute atomic E-state index is 4.59. The third-order valence-electron chi connectivity index (χ3n) is 3.12. The molecule has 0 spiro atoms. The third-order valence-corrected chi connectivity index (χ3v) is 3.12. The van der Waals surface area contributed by atoms with Crippen LogP contribution in [0.1, 0.15) is 32.9 Å². The molecule has 0 fully saturated rings. The summed E-state index contributed by atoms with van der Waals surface area (Å²) in [5, 5.41) is 5.76. The van der Waals surface area contributed by atoms with E-state index in [0.29, 0.717) is 0 Å². The maximum atomic E-state index is 4.59. The smallest absolute Gasteiger partial charge is 0.157 e. The first-order chi connectivity index (χ1) is 7.06. The number of pyridine rings is 1. The van der Waals surface area contributed by atoms with Gasteiger partial charge in [0.2, 0.25) is 0 Å². The number of fused-ring (bicyclic) bond motifs is 1. The summed E-state index contributed by atoms with van der Waals surface area (Å²) < 4.78 is 1.86. The number of aromatic nitrogens is 3. The van der Waals surface area contributed by atoms with Gasteiger partial charge in [-0.2, -0.15) is 5.10 Å². The van der Waals surface area contributed by atoms with Gasteiger partial charge >= 0.3 is 0 Å². The molecule has 0 unspecified atom stereocenters. The molecule has 0 aromatic carbocycles. The van der Waals surface area contributed by atoms with Gasteiger partial charge in [0, 0.05) is 24.0 Å². The average Bonchev–Trinajstić information content (AvgIpc) is 2.58. The van der Waals surface area contributed by atoms with Crippen LogP contribution in [0.4, 0.5) is 0 Å². The number of nitrogens with zero attached hydrogens (tertiary/aromatic N) is 3. The van der Waals surface area contributed by atoms with Gasteiger partial charge in [0.25, 0.3) is 0 Å². The Balaban J connectivity index is 2.72. The largest absolute Gasteiger partial charge is 0.250 e. The number of hydrogen-bond acceptors (Lipinski definition) is 2. The van der Waals surface area contributed by atoms with Crippen molar-refractivity contribution < 1.29 is 0 Å². The maximum Gasteiger partial charge on any atom is 0.157 e. The van der Waals surface area contributed by atoms with Crippen LogP contribution in [0.2, 0.25) is 0 Å². The molecule has 2 rings (SSSR count). The van der Waals surface area contributed by atoms with Gasteiger partial charge in [0.15, 0.2) is 5.65 Å². The second-order valence-electron chi connectivity index (χ2n) is 4.58. The Labute approximate surface area is 90.1 Å². The van der Waals surface area contributed by atoms with Crippen molar-refractivity contribution in [2.75, 3.05) is 0 Å². The van der Waals surface area contributed by atoms with Gasteiger partial charge in [0.05, 0.1) is 5.69 Å². The van der Waals surface area contributed by atoms with Gasteiger partial charge in [-0.25, -0.2) is 4.98 Å². The molecule has 0 aliphatic heterocycles. The molecule has 0 atom stereocenters. The molecule has 0 N–H and O–H groups in total. The van der Waals surface area contributed by atoms with Gasteiger partial charge in [-0.15, -0.1) is 0 Å². The summed E-state index contributed by atoms with van der Waals surface area (Å²) in [6.45, 7) is 6.64. The van der Waals surface area contributed by atoms with Gasteiger partial charge in [-0.3, -0.25) is 4.68 Å². The van der Waals surface area contributed by atoms with Crippen LogP contribution in [0.3, 0.4) is 0 Å². The van der Waals surface area contributed by atoms with Crippen LogP contribution in [0.5, 0.6) is 0 Å². The van der Waals surface area contributed by atoms with Crippen molar-refractivity contribution in [2.45, 2.75) is 32.6 Å². The Hall–Kier alpha value is -1.38. The van der Waals surface area contributed by atoms with E-state index in [4.69, 9.17) is 0 Å². The standard InChI is InChI=1S/C12H17N3/c1-5-12(2,3)10-9-7-6-8-13-11(9)15(4)14-10/h6-8H,5H2,1-4H3. The van der Waals surface area contributed by atoms with E-state index >= 15 is 0 Å². The van der Waals surface area contributed by atoms with Crippen LogP contribution in [0.15, 0.2) is 18.3 Å². The summed E-state index contributed by atoms with van der Waals surface area (Å²) in [4.78, 5) is 4.35. The molecule has 80 valence electrons. The van der Waals surface area contributed by atoms with Crippen molar-refractivity contribution in [3.8, 4) is 0 Å². The lowest BCUT2D eigenvalue weighted by Gasteiger charge is -2.20. The molecule has 0 bridgehead atoms. The van der Waals surface area contributed by atoms with E-state index in [2.05, 4.69) is 36.9 Å². The lowest BCUT2D eigenvalue weighted by atomic mass is 9.85. The minimum Gasteiger partial charge on any atom is -0.250 e. The molecule has 2 aromatic heterocycles. The third kappa shape index (κ3) is 1.52. The SMILES string of the molecule is CCC(C)(C)c1nn(C)c2ncccc12. The summed E-state index contributed by atoms with van der Waals surface area (Å²) >= 11 is 0. The Bertz CT molecular complexity index is 483. The molecule has 0 aliphatic carbocycles. The van der Waals surface area contributed by atoms with Crippen molar-refractivity contribution in [1.29, 1.82) is 0 Å². The summed E-state index contributed by atoms with van der Waals surface area (Å²) in [7, 11) is 1.95. The van der Waals surface area contributed by atoms with E-state index in [-0.39, 0.29) is 5.41 Å². The van der Waals surface area contributed by atoms with Gasteiger partial charge < -0.3 is 0 Å². The van der Waals surface area contributed by atoms with E-state index in [9.17, 15) is 0 Å². The highest BCUT2D eigenvalue weighted by Crippen LogP contribution is 2.30. The summed E-state index contributed by atoms with van der Waals surface area (Å²) in [6, 6.07) is 4.07. The predicted octanol–water partition coefficient (Wildman–Crippen LogP) is 2.66. The number of aryl methyl sites for hydroxylation is 1. The van der Waals surface area contributed by atoms with Gasteiger partial charge in [0.1, 0.15) is 0 Å². The predicted molar refractivity (Wildman–Crippen MR) is 61.8 cm³/mol. The van der Waals surface area contributed by atoms with Crippen LogP contribution >= 0.6 is 0 Å². The Morgan fingerprint density at radius 2 is 2.13 bits per heavy atom. The second kappa shape index (κ2) is 3.33. The van der Waals surface area contributed by atoms with E-state index < -0.39 is 0 Å². The van der Waals surface area contributed by atoms with Gasteiger partial charge in [-0.05, 0) is 18.6 Å². The van der Waals surface area contributed by atoms with Crippen molar-refractivity contribution >= 4 is 11.0 Å². The monoisotopic (exact) mass is 203 g/mol. The first kappa shape index (κ1) is 10.1. The molecule has 15 heavy (non-hydrogen) atoms.